The van der Waals surface area contributed by atoms with Gasteiger partial charge in [0.25, 0.3) is 5.91 Å². The van der Waals surface area contributed by atoms with Gasteiger partial charge in [0.05, 0.1) is 30.4 Å². The van der Waals surface area contributed by atoms with Crippen molar-refractivity contribution in [1.29, 1.82) is 0 Å². The van der Waals surface area contributed by atoms with Crippen molar-refractivity contribution in [3.63, 3.8) is 0 Å². The predicted molar refractivity (Wildman–Crippen MR) is 86.3 cm³/mol. The van der Waals surface area contributed by atoms with Gasteiger partial charge in [-0.3, -0.25) is 9.69 Å². The molecular formula is C16H23ClN2O3. The van der Waals surface area contributed by atoms with Crippen LogP contribution in [0.5, 0.6) is 0 Å². The molecule has 1 aliphatic rings. The van der Waals surface area contributed by atoms with Gasteiger partial charge in [0.15, 0.2) is 0 Å². The molecule has 0 aliphatic carbocycles. The van der Waals surface area contributed by atoms with Crippen molar-refractivity contribution in [3.05, 3.63) is 34.9 Å². The van der Waals surface area contributed by atoms with E-state index in [4.69, 9.17) is 21.4 Å². The first-order chi connectivity index (χ1) is 10.7. The van der Waals surface area contributed by atoms with E-state index in [1.807, 2.05) is 17.0 Å². The summed E-state index contributed by atoms with van der Waals surface area (Å²) in [5, 5.41) is 9.19. The Morgan fingerprint density at radius 1 is 1.18 bits per heavy atom. The highest BCUT2D eigenvalue weighted by Crippen LogP contribution is 2.18. The number of carbonyl (C=O) groups excluding carboxylic acids is 1. The van der Waals surface area contributed by atoms with Crippen LogP contribution >= 0.6 is 11.6 Å². The molecule has 1 aromatic rings. The van der Waals surface area contributed by atoms with Crippen LogP contribution in [0.3, 0.4) is 0 Å². The molecule has 1 aromatic carbocycles. The molecule has 122 valence electrons. The highest BCUT2D eigenvalue weighted by atomic mass is 35.5. The number of nitrogens with zero attached hydrogens (tertiary/aromatic N) is 2. The SMILES string of the molecule is O=C(c1ccccc1Cl)N1CCCN(CCOCCO)CC1. The van der Waals surface area contributed by atoms with Gasteiger partial charge in [0.1, 0.15) is 0 Å². The van der Waals surface area contributed by atoms with Crippen LogP contribution in [-0.2, 0) is 4.74 Å². The summed E-state index contributed by atoms with van der Waals surface area (Å²) in [4.78, 5) is 16.7. The lowest BCUT2D eigenvalue weighted by atomic mass is 10.2. The van der Waals surface area contributed by atoms with E-state index >= 15 is 0 Å². The van der Waals surface area contributed by atoms with E-state index < -0.39 is 0 Å². The zero-order valence-electron chi connectivity index (χ0n) is 12.7. The first kappa shape index (κ1) is 17.2. The Bertz CT molecular complexity index is 484. The van der Waals surface area contributed by atoms with E-state index in [0.717, 1.165) is 32.6 Å². The highest BCUT2D eigenvalue weighted by Gasteiger charge is 2.21. The van der Waals surface area contributed by atoms with Crippen molar-refractivity contribution in [2.24, 2.45) is 0 Å². The molecule has 0 atom stereocenters. The molecule has 1 amide bonds. The molecule has 1 saturated heterocycles. The molecule has 1 fully saturated rings. The number of hydrogen-bond acceptors (Lipinski definition) is 4. The van der Waals surface area contributed by atoms with E-state index in [1.54, 1.807) is 12.1 Å². The molecule has 1 N–H and O–H groups in total. The van der Waals surface area contributed by atoms with Crippen LogP contribution in [-0.4, -0.2) is 73.4 Å². The smallest absolute Gasteiger partial charge is 0.255 e. The predicted octanol–water partition coefficient (Wildman–Crippen LogP) is 1.50. The number of rotatable bonds is 6. The average molecular weight is 327 g/mol. The summed E-state index contributed by atoms with van der Waals surface area (Å²) >= 11 is 6.11. The molecule has 0 unspecified atom stereocenters. The minimum Gasteiger partial charge on any atom is -0.394 e. The average Bonchev–Trinajstić information content (AvgIpc) is 2.77. The van der Waals surface area contributed by atoms with Gasteiger partial charge in [0.2, 0.25) is 0 Å². The van der Waals surface area contributed by atoms with Gasteiger partial charge >= 0.3 is 0 Å². The zero-order valence-corrected chi connectivity index (χ0v) is 13.5. The maximum absolute atomic E-state index is 12.5. The third kappa shape index (κ3) is 4.95. The van der Waals surface area contributed by atoms with Gasteiger partial charge in [-0.05, 0) is 25.1 Å². The van der Waals surface area contributed by atoms with Crippen molar-refractivity contribution in [3.8, 4) is 0 Å². The van der Waals surface area contributed by atoms with Crippen molar-refractivity contribution in [2.45, 2.75) is 6.42 Å². The summed E-state index contributed by atoms with van der Waals surface area (Å²) in [6, 6.07) is 7.19. The van der Waals surface area contributed by atoms with Crippen LogP contribution in [0.1, 0.15) is 16.8 Å². The molecule has 5 nitrogen and oxygen atoms in total. The summed E-state index contributed by atoms with van der Waals surface area (Å²) in [5.41, 5.74) is 0.573. The van der Waals surface area contributed by atoms with Crippen molar-refractivity contribution in [1.82, 2.24) is 9.80 Å². The topological polar surface area (TPSA) is 53.0 Å². The first-order valence-electron chi connectivity index (χ1n) is 7.67. The number of halogens is 1. The van der Waals surface area contributed by atoms with Crippen molar-refractivity contribution < 1.29 is 14.6 Å². The molecule has 0 bridgehead atoms. The molecule has 22 heavy (non-hydrogen) atoms. The zero-order chi connectivity index (χ0) is 15.8. The number of carbonyl (C=O) groups is 1. The Morgan fingerprint density at radius 2 is 2.00 bits per heavy atom. The third-order valence-corrected chi connectivity index (χ3v) is 4.10. The van der Waals surface area contributed by atoms with Crippen LogP contribution in [0.4, 0.5) is 0 Å². The minimum absolute atomic E-state index is 0.00369. The number of hydrogen-bond donors (Lipinski definition) is 1. The monoisotopic (exact) mass is 326 g/mol. The largest absolute Gasteiger partial charge is 0.394 e. The Balaban J connectivity index is 1.85. The van der Waals surface area contributed by atoms with Gasteiger partial charge in [0, 0.05) is 26.2 Å². The van der Waals surface area contributed by atoms with Crippen LogP contribution in [0.15, 0.2) is 24.3 Å². The fourth-order valence-electron chi connectivity index (χ4n) is 2.56. The van der Waals surface area contributed by atoms with Crippen LogP contribution in [0.2, 0.25) is 5.02 Å². The third-order valence-electron chi connectivity index (χ3n) is 3.77. The maximum atomic E-state index is 12.5. The molecule has 0 aromatic heterocycles. The summed E-state index contributed by atoms with van der Waals surface area (Å²) in [6.07, 6.45) is 0.941. The van der Waals surface area contributed by atoms with Crippen LogP contribution in [0.25, 0.3) is 0 Å². The van der Waals surface area contributed by atoms with E-state index in [0.29, 0.717) is 30.3 Å². The van der Waals surface area contributed by atoms with E-state index in [9.17, 15) is 4.79 Å². The Kier molecular flexibility index (Phi) is 7.12. The van der Waals surface area contributed by atoms with E-state index in [2.05, 4.69) is 4.90 Å². The summed E-state index contributed by atoms with van der Waals surface area (Å²) in [5.74, 6) is 0.00369. The minimum atomic E-state index is 0.00369. The Morgan fingerprint density at radius 3 is 2.77 bits per heavy atom. The van der Waals surface area contributed by atoms with Gasteiger partial charge in [-0.15, -0.1) is 0 Å². The summed E-state index contributed by atoms with van der Waals surface area (Å²) in [6.45, 7) is 5.10. The van der Waals surface area contributed by atoms with Gasteiger partial charge < -0.3 is 14.7 Å². The summed E-state index contributed by atoms with van der Waals surface area (Å²) in [7, 11) is 0. The number of ether oxygens (including phenoxy) is 1. The number of aliphatic hydroxyl groups excluding tert-OH is 1. The van der Waals surface area contributed by atoms with Gasteiger partial charge in [-0.25, -0.2) is 0 Å². The fourth-order valence-corrected chi connectivity index (χ4v) is 2.78. The van der Waals surface area contributed by atoms with Crippen LogP contribution in [0, 0.1) is 0 Å². The molecular weight excluding hydrogens is 304 g/mol. The van der Waals surface area contributed by atoms with Crippen LogP contribution < -0.4 is 0 Å². The molecule has 6 heteroatoms. The quantitative estimate of drug-likeness (QED) is 0.805. The lowest BCUT2D eigenvalue weighted by Crippen LogP contribution is -2.36. The molecule has 1 aliphatic heterocycles. The van der Waals surface area contributed by atoms with E-state index in [1.165, 1.54) is 0 Å². The van der Waals surface area contributed by atoms with Gasteiger partial charge in [-0.1, -0.05) is 23.7 Å². The summed E-state index contributed by atoms with van der Waals surface area (Å²) < 4.78 is 5.30. The standard InChI is InChI=1S/C16H23ClN2O3/c17-15-5-2-1-4-14(15)16(21)19-7-3-6-18(8-9-19)10-12-22-13-11-20/h1-2,4-5,20H,3,6-13H2. The Hall–Kier alpha value is -1.14. The fraction of sp³-hybridized carbons (Fsp3) is 0.562. The first-order valence-corrected chi connectivity index (χ1v) is 8.05. The van der Waals surface area contributed by atoms with E-state index in [-0.39, 0.29) is 12.5 Å². The number of aliphatic hydroxyl groups is 1. The second-order valence-corrected chi connectivity index (χ2v) is 5.71. The maximum Gasteiger partial charge on any atom is 0.255 e. The normalized spacial score (nSPS) is 16.5. The molecule has 0 radical (unpaired) electrons. The van der Waals surface area contributed by atoms with Gasteiger partial charge in [-0.2, -0.15) is 0 Å². The molecule has 1 heterocycles. The van der Waals surface area contributed by atoms with Crippen molar-refractivity contribution >= 4 is 17.5 Å². The van der Waals surface area contributed by atoms with Crippen molar-refractivity contribution in [2.75, 3.05) is 52.5 Å². The Labute approximate surface area is 136 Å². The number of benzene rings is 1. The lowest BCUT2D eigenvalue weighted by Gasteiger charge is -2.22. The number of amides is 1. The molecule has 0 spiro atoms. The lowest BCUT2D eigenvalue weighted by molar-refractivity contribution is 0.0712. The molecule has 0 saturated carbocycles. The molecule has 2 rings (SSSR count). The second-order valence-electron chi connectivity index (χ2n) is 5.30. The second kappa shape index (κ2) is 9.10. The highest BCUT2D eigenvalue weighted by molar-refractivity contribution is 6.33.